The number of nitrogens with one attached hydrogen (secondary N) is 2. The van der Waals surface area contributed by atoms with E-state index in [1.165, 1.54) is 0 Å². The van der Waals surface area contributed by atoms with Gasteiger partial charge in [-0.3, -0.25) is 4.79 Å². The monoisotopic (exact) mass is 357 g/mol. The van der Waals surface area contributed by atoms with Gasteiger partial charge in [-0.2, -0.15) is 0 Å². The van der Waals surface area contributed by atoms with Crippen molar-refractivity contribution in [1.29, 1.82) is 0 Å². The Morgan fingerprint density at radius 2 is 1.78 bits per heavy atom. The molecule has 0 aliphatic heterocycles. The number of carbonyl (C=O) groups is 1. The molecule has 27 heavy (non-hydrogen) atoms. The summed E-state index contributed by atoms with van der Waals surface area (Å²) in [5.74, 6) is 1.19. The molecule has 5 nitrogen and oxygen atoms in total. The molecule has 1 heterocycles. The predicted molar refractivity (Wildman–Crippen MR) is 107 cm³/mol. The molecule has 5 heteroatoms. The number of rotatable bonds is 4. The lowest BCUT2D eigenvalue weighted by Crippen LogP contribution is -2.13. The van der Waals surface area contributed by atoms with Crippen LogP contribution < -0.4 is 10.1 Å². The lowest BCUT2D eigenvalue weighted by Gasteiger charge is -2.11. The third-order valence-electron chi connectivity index (χ3n) is 4.47. The van der Waals surface area contributed by atoms with Gasteiger partial charge in [0.1, 0.15) is 11.6 Å². The summed E-state index contributed by atoms with van der Waals surface area (Å²) in [5, 5.41) is 2.92. The molecule has 0 saturated carbocycles. The van der Waals surface area contributed by atoms with Crippen molar-refractivity contribution in [3.8, 4) is 17.1 Å². The number of aromatic amines is 1. The first-order valence-electron chi connectivity index (χ1n) is 8.66. The van der Waals surface area contributed by atoms with Gasteiger partial charge in [-0.1, -0.05) is 24.3 Å². The van der Waals surface area contributed by atoms with E-state index in [0.717, 1.165) is 28.0 Å². The molecule has 1 aromatic heterocycles. The third kappa shape index (κ3) is 3.27. The molecule has 1 amide bonds. The number of nitrogens with zero attached hydrogens (tertiary/aromatic N) is 1. The van der Waals surface area contributed by atoms with Crippen molar-refractivity contribution in [1.82, 2.24) is 9.97 Å². The highest BCUT2D eigenvalue weighted by Gasteiger charge is 2.14. The van der Waals surface area contributed by atoms with Crippen LogP contribution in [-0.4, -0.2) is 23.0 Å². The van der Waals surface area contributed by atoms with Crippen LogP contribution in [0.3, 0.4) is 0 Å². The van der Waals surface area contributed by atoms with Gasteiger partial charge in [0.25, 0.3) is 5.91 Å². The molecule has 0 unspecified atom stereocenters. The van der Waals surface area contributed by atoms with E-state index in [1.807, 2.05) is 67.6 Å². The van der Waals surface area contributed by atoms with Gasteiger partial charge in [0.2, 0.25) is 0 Å². The van der Waals surface area contributed by atoms with Gasteiger partial charge in [-0.15, -0.1) is 0 Å². The van der Waals surface area contributed by atoms with Crippen LogP contribution in [0.4, 0.5) is 5.69 Å². The van der Waals surface area contributed by atoms with Gasteiger partial charge < -0.3 is 15.0 Å². The number of methoxy groups -OCH3 is 1. The summed E-state index contributed by atoms with van der Waals surface area (Å²) < 4.78 is 5.37. The number of H-pyrrole nitrogens is 1. The van der Waals surface area contributed by atoms with Crippen molar-refractivity contribution in [2.24, 2.45) is 0 Å². The number of imidazole rings is 1. The zero-order chi connectivity index (χ0) is 18.8. The Labute approximate surface area is 157 Å². The quantitative estimate of drug-likeness (QED) is 0.551. The number of para-hydroxylation sites is 3. The van der Waals surface area contributed by atoms with E-state index in [0.29, 0.717) is 17.0 Å². The maximum absolute atomic E-state index is 12.6. The highest BCUT2D eigenvalue weighted by molar-refractivity contribution is 6.06. The fraction of sp³-hybridized carbons (Fsp3) is 0.0909. The summed E-state index contributed by atoms with van der Waals surface area (Å²) in [5.41, 5.74) is 5.03. The molecule has 0 bridgehead atoms. The van der Waals surface area contributed by atoms with E-state index in [-0.39, 0.29) is 5.91 Å². The van der Waals surface area contributed by atoms with Crippen LogP contribution in [0, 0.1) is 6.92 Å². The smallest absolute Gasteiger partial charge is 0.259 e. The minimum Gasteiger partial charge on any atom is -0.496 e. The van der Waals surface area contributed by atoms with Crippen molar-refractivity contribution in [3.63, 3.8) is 0 Å². The van der Waals surface area contributed by atoms with Gasteiger partial charge in [0.15, 0.2) is 0 Å². The second-order valence-corrected chi connectivity index (χ2v) is 6.29. The van der Waals surface area contributed by atoms with E-state index in [4.69, 9.17) is 4.74 Å². The maximum atomic E-state index is 12.6. The number of aromatic nitrogens is 2. The molecule has 3 aromatic carbocycles. The van der Waals surface area contributed by atoms with E-state index >= 15 is 0 Å². The Bertz CT molecular complexity index is 1080. The Hall–Kier alpha value is -3.60. The maximum Gasteiger partial charge on any atom is 0.259 e. The van der Waals surface area contributed by atoms with Crippen molar-refractivity contribution >= 4 is 22.6 Å². The summed E-state index contributed by atoms with van der Waals surface area (Å²) in [6, 6.07) is 21.0. The second-order valence-electron chi connectivity index (χ2n) is 6.29. The minimum atomic E-state index is -0.202. The van der Waals surface area contributed by atoms with Gasteiger partial charge >= 0.3 is 0 Å². The minimum absolute atomic E-state index is 0.202. The van der Waals surface area contributed by atoms with Crippen LogP contribution in [0.15, 0.2) is 66.7 Å². The number of carbonyl (C=O) groups excluding carboxylic acids is 1. The average Bonchev–Trinajstić information content (AvgIpc) is 3.12. The third-order valence-corrected chi connectivity index (χ3v) is 4.47. The fourth-order valence-electron chi connectivity index (χ4n) is 3.10. The molecule has 2 N–H and O–H groups in total. The van der Waals surface area contributed by atoms with Crippen LogP contribution in [0.1, 0.15) is 15.9 Å². The Kier molecular flexibility index (Phi) is 4.34. The number of hydrogen-bond acceptors (Lipinski definition) is 3. The highest BCUT2D eigenvalue weighted by atomic mass is 16.5. The molecule has 4 aromatic rings. The molecule has 0 atom stereocenters. The molecule has 0 saturated heterocycles. The Balaban J connectivity index is 1.56. The number of amides is 1. The lowest BCUT2D eigenvalue weighted by atomic mass is 10.1. The summed E-state index contributed by atoms with van der Waals surface area (Å²) >= 11 is 0. The van der Waals surface area contributed by atoms with E-state index in [2.05, 4.69) is 15.3 Å². The van der Waals surface area contributed by atoms with E-state index in [1.54, 1.807) is 13.2 Å². The lowest BCUT2D eigenvalue weighted by molar-refractivity contribution is 0.102. The molecule has 0 aliphatic rings. The summed E-state index contributed by atoms with van der Waals surface area (Å²) in [6.45, 7) is 1.91. The predicted octanol–water partition coefficient (Wildman–Crippen LogP) is 4.80. The molecule has 134 valence electrons. The topological polar surface area (TPSA) is 67.0 Å². The number of hydrogen-bond donors (Lipinski definition) is 2. The summed E-state index contributed by atoms with van der Waals surface area (Å²) in [4.78, 5) is 20.5. The summed E-state index contributed by atoms with van der Waals surface area (Å²) in [6.07, 6.45) is 0. The molecule has 0 radical (unpaired) electrons. The van der Waals surface area contributed by atoms with Crippen LogP contribution in [0.5, 0.6) is 5.75 Å². The Morgan fingerprint density at radius 3 is 2.52 bits per heavy atom. The highest BCUT2D eigenvalue weighted by Crippen LogP contribution is 2.25. The second kappa shape index (κ2) is 6.96. The van der Waals surface area contributed by atoms with Crippen LogP contribution in [0.2, 0.25) is 0 Å². The fourth-order valence-corrected chi connectivity index (χ4v) is 3.10. The number of ether oxygens (including phenoxy) is 1. The first-order chi connectivity index (χ1) is 13.2. The van der Waals surface area contributed by atoms with Gasteiger partial charge in [0.05, 0.1) is 23.7 Å². The van der Waals surface area contributed by atoms with Crippen molar-refractivity contribution in [2.45, 2.75) is 6.92 Å². The normalized spacial score (nSPS) is 10.7. The zero-order valence-corrected chi connectivity index (χ0v) is 15.1. The number of fused-ring (bicyclic) bond motifs is 1. The first kappa shape index (κ1) is 16.8. The number of benzene rings is 3. The van der Waals surface area contributed by atoms with Gasteiger partial charge in [0, 0.05) is 11.3 Å². The summed E-state index contributed by atoms with van der Waals surface area (Å²) in [7, 11) is 1.57. The Morgan fingerprint density at radius 1 is 1.00 bits per heavy atom. The van der Waals surface area contributed by atoms with Crippen molar-refractivity contribution in [2.75, 3.05) is 12.4 Å². The average molecular weight is 357 g/mol. The molecule has 0 fully saturated rings. The van der Waals surface area contributed by atoms with Gasteiger partial charge in [-0.25, -0.2) is 4.98 Å². The van der Waals surface area contributed by atoms with Crippen molar-refractivity contribution < 1.29 is 9.53 Å². The molecule has 0 spiro atoms. The SMILES string of the molecule is COc1c(C)cccc1C(=O)Nc1ccc(-c2nc3ccccc3[nH]2)cc1. The first-order valence-corrected chi connectivity index (χ1v) is 8.66. The molecular weight excluding hydrogens is 338 g/mol. The van der Waals surface area contributed by atoms with E-state index in [9.17, 15) is 4.79 Å². The molecule has 4 rings (SSSR count). The zero-order valence-electron chi connectivity index (χ0n) is 15.1. The van der Waals surface area contributed by atoms with Crippen molar-refractivity contribution in [3.05, 3.63) is 77.9 Å². The van der Waals surface area contributed by atoms with Crippen LogP contribution in [-0.2, 0) is 0 Å². The van der Waals surface area contributed by atoms with Crippen LogP contribution >= 0.6 is 0 Å². The number of anilines is 1. The van der Waals surface area contributed by atoms with Gasteiger partial charge in [-0.05, 0) is 55.0 Å². The molecule has 0 aliphatic carbocycles. The van der Waals surface area contributed by atoms with Crippen LogP contribution in [0.25, 0.3) is 22.4 Å². The largest absolute Gasteiger partial charge is 0.496 e. The van der Waals surface area contributed by atoms with E-state index < -0.39 is 0 Å². The number of aryl methyl sites for hydroxylation is 1. The molecular formula is C22H19N3O2. The standard InChI is InChI=1S/C22H19N3O2/c1-14-6-5-7-17(20(14)27-2)22(26)23-16-12-10-15(11-13-16)21-24-18-8-3-4-9-19(18)25-21/h3-13H,1-2H3,(H,23,26)(H,24,25).